The normalized spacial score (nSPS) is 16.6. The molecule has 0 rings (SSSR count). The fourth-order valence-corrected chi connectivity index (χ4v) is 0.376. The molecule has 0 bridgehead atoms. The molecule has 0 aliphatic carbocycles. The highest BCUT2D eigenvalue weighted by molar-refractivity contribution is 4.80. The minimum atomic E-state index is -5.65. The summed E-state index contributed by atoms with van der Waals surface area (Å²) in [6.07, 6.45) is -5.65. The maximum absolute atomic E-state index is 12.0. The van der Waals surface area contributed by atoms with Crippen molar-refractivity contribution in [2.45, 2.75) is 19.0 Å². The Hall–Kier alpha value is -0.420. The van der Waals surface area contributed by atoms with E-state index in [2.05, 4.69) is 0 Å². The van der Waals surface area contributed by atoms with Crippen molar-refractivity contribution in [3.05, 3.63) is 0 Å². The molecule has 6 heteroatoms. The SMILES string of the molecule is CC(CF)C(F)(F)C(F)(F)F. The molecule has 68 valence electrons. The van der Waals surface area contributed by atoms with Crippen LogP contribution >= 0.6 is 0 Å². The summed E-state index contributed by atoms with van der Waals surface area (Å²) in [7, 11) is 0. The fraction of sp³-hybridized carbons (Fsp3) is 1.00. The van der Waals surface area contributed by atoms with Crippen molar-refractivity contribution >= 4 is 0 Å². The first-order chi connectivity index (χ1) is 4.73. The van der Waals surface area contributed by atoms with Crippen molar-refractivity contribution in [2.75, 3.05) is 6.67 Å². The molecule has 0 saturated heterocycles. The minimum absolute atomic E-state index is 0.507. The zero-order valence-electron chi connectivity index (χ0n) is 5.55. The van der Waals surface area contributed by atoms with Crippen LogP contribution < -0.4 is 0 Å². The lowest BCUT2D eigenvalue weighted by molar-refractivity contribution is -0.301. The topological polar surface area (TPSA) is 0 Å². The molecule has 1 atom stereocenters. The highest BCUT2D eigenvalue weighted by Crippen LogP contribution is 2.41. The number of halogens is 6. The van der Waals surface area contributed by atoms with Crippen LogP contribution in [0.3, 0.4) is 0 Å². The Morgan fingerprint density at radius 1 is 1.09 bits per heavy atom. The summed E-state index contributed by atoms with van der Waals surface area (Å²) >= 11 is 0. The minimum Gasteiger partial charge on any atom is -0.251 e. The predicted octanol–water partition coefficient (Wildman–Crippen LogP) is 2.79. The highest BCUT2D eigenvalue weighted by Gasteiger charge is 2.60. The predicted molar refractivity (Wildman–Crippen MR) is 26.1 cm³/mol. The Morgan fingerprint density at radius 2 is 1.45 bits per heavy atom. The van der Waals surface area contributed by atoms with Crippen LogP contribution in [0.15, 0.2) is 0 Å². The van der Waals surface area contributed by atoms with Crippen LogP contribution in [0.4, 0.5) is 26.3 Å². The molecule has 1 unspecified atom stereocenters. The van der Waals surface area contributed by atoms with Gasteiger partial charge in [-0.25, -0.2) is 0 Å². The first-order valence-corrected chi connectivity index (χ1v) is 2.74. The van der Waals surface area contributed by atoms with Crippen LogP contribution in [0.25, 0.3) is 0 Å². The van der Waals surface area contributed by atoms with Gasteiger partial charge in [0.15, 0.2) is 0 Å². The maximum atomic E-state index is 12.0. The Kier molecular flexibility index (Phi) is 2.79. The van der Waals surface area contributed by atoms with Crippen LogP contribution in [-0.4, -0.2) is 18.8 Å². The van der Waals surface area contributed by atoms with E-state index in [9.17, 15) is 26.3 Å². The standard InChI is InChI=1S/C5H6F6/c1-3(2-6)4(7,8)5(9,10)11/h3H,2H2,1H3. The van der Waals surface area contributed by atoms with Gasteiger partial charge in [0, 0.05) is 0 Å². The van der Waals surface area contributed by atoms with Gasteiger partial charge >= 0.3 is 12.1 Å². The second kappa shape index (κ2) is 2.91. The molecule has 0 radical (unpaired) electrons. The largest absolute Gasteiger partial charge is 0.453 e. The van der Waals surface area contributed by atoms with Gasteiger partial charge in [-0.15, -0.1) is 0 Å². The van der Waals surface area contributed by atoms with Crippen molar-refractivity contribution < 1.29 is 26.3 Å². The molecule has 0 nitrogen and oxygen atoms in total. The number of hydrogen-bond donors (Lipinski definition) is 0. The first-order valence-electron chi connectivity index (χ1n) is 2.74. The highest BCUT2D eigenvalue weighted by atomic mass is 19.4. The lowest BCUT2D eigenvalue weighted by Gasteiger charge is -2.23. The summed E-state index contributed by atoms with van der Waals surface area (Å²) in [6.45, 7) is -1.18. The molecular formula is C5H6F6. The summed E-state index contributed by atoms with van der Waals surface area (Å²) in [4.78, 5) is 0. The molecule has 0 spiro atoms. The second-order valence-corrected chi connectivity index (χ2v) is 2.18. The van der Waals surface area contributed by atoms with E-state index >= 15 is 0 Å². The molecule has 0 aliphatic rings. The van der Waals surface area contributed by atoms with E-state index in [4.69, 9.17) is 0 Å². The van der Waals surface area contributed by atoms with E-state index < -0.39 is 24.7 Å². The number of alkyl halides is 6. The van der Waals surface area contributed by atoms with Gasteiger partial charge in [-0.2, -0.15) is 22.0 Å². The van der Waals surface area contributed by atoms with Gasteiger partial charge in [-0.3, -0.25) is 4.39 Å². The van der Waals surface area contributed by atoms with Crippen LogP contribution in [0.2, 0.25) is 0 Å². The van der Waals surface area contributed by atoms with Crippen LogP contribution in [0.1, 0.15) is 6.92 Å². The molecule has 0 aliphatic heterocycles. The monoisotopic (exact) mass is 180 g/mol. The molecule has 0 fully saturated rings. The van der Waals surface area contributed by atoms with E-state index in [1.807, 2.05) is 0 Å². The zero-order valence-corrected chi connectivity index (χ0v) is 5.55. The first kappa shape index (κ1) is 10.6. The van der Waals surface area contributed by atoms with Gasteiger partial charge in [0.2, 0.25) is 0 Å². The van der Waals surface area contributed by atoms with Gasteiger partial charge in [-0.05, 0) is 0 Å². The zero-order chi connectivity index (χ0) is 9.28. The Bertz CT molecular complexity index is 125. The summed E-state index contributed by atoms with van der Waals surface area (Å²) in [5, 5.41) is 0. The van der Waals surface area contributed by atoms with Crippen LogP contribution in [0, 0.1) is 5.92 Å². The molecular weight excluding hydrogens is 174 g/mol. The van der Waals surface area contributed by atoms with Gasteiger partial charge < -0.3 is 0 Å². The Morgan fingerprint density at radius 3 is 1.55 bits per heavy atom. The lowest BCUT2D eigenvalue weighted by Crippen LogP contribution is -2.43. The van der Waals surface area contributed by atoms with E-state index in [1.54, 1.807) is 0 Å². The average molecular weight is 180 g/mol. The van der Waals surface area contributed by atoms with Crippen LogP contribution in [-0.2, 0) is 0 Å². The van der Waals surface area contributed by atoms with Gasteiger partial charge in [0.1, 0.15) is 0 Å². The summed E-state index contributed by atoms with van der Waals surface area (Å²) < 4.78 is 69.4. The average Bonchev–Trinajstić information content (AvgIpc) is 1.83. The smallest absolute Gasteiger partial charge is 0.251 e. The molecule has 0 N–H and O–H groups in total. The summed E-state index contributed by atoms with van der Waals surface area (Å²) in [5.41, 5.74) is 0. The third-order valence-electron chi connectivity index (χ3n) is 1.23. The summed E-state index contributed by atoms with van der Waals surface area (Å²) in [5.74, 6) is -7.25. The molecule has 0 amide bonds. The molecule has 0 aromatic rings. The van der Waals surface area contributed by atoms with Crippen molar-refractivity contribution in [1.29, 1.82) is 0 Å². The fourth-order valence-electron chi connectivity index (χ4n) is 0.376. The Labute approximate surface area is 59.2 Å². The molecule has 0 saturated carbocycles. The molecule has 0 heterocycles. The van der Waals surface area contributed by atoms with Gasteiger partial charge in [0.25, 0.3) is 0 Å². The number of rotatable bonds is 2. The van der Waals surface area contributed by atoms with Crippen molar-refractivity contribution in [3.8, 4) is 0 Å². The second-order valence-electron chi connectivity index (χ2n) is 2.18. The van der Waals surface area contributed by atoms with Crippen molar-refractivity contribution in [3.63, 3.8) is 0 Å². The van der Waals surface area contributed by atoms with E-state index in [1.165, 1.54) is 0 Å². The van der Waals surface area contributed by atoms with Crippen molar-refractivity contribution in [1.82, 2.24) is 0 Å². The van der Waals surface area contributed by atoms with Gasteiger partial charge in [-0.1, -0.05) is 6.92 Å². The third-order valence-corrected chi connectivity index (χ3v) is 1.23. The van der Waals surface area contributed by atoms with E-state index in [0.29, 0.717) is 6.92 Å². The van der Waals surface area contributed by atoms with Crippen molar-refractivity contribution in [2.24, 2.45) is 5.92 Å². The number of hydrogen-bond acceptors (Lipinski definition) is 0. The molecule has 0 aromatic heterocycles. The molecule has 11 heavy (non-hydrogen) atoms. The van der Waals surface area contributed by atoms with E-state index in [-0.39, 0.29) is 0 Å². The van der Waals surface area contributed by atoms with Crippen LogP contribution in [0.5, 0.6) is 0 Å². The van der Waals surface area contributed by atoms with E-state index in [0.717, 1.165) is 0 Å². The lowest BCUT2D eigenvalue weighted by atomic mass is 10.1. The maximum Gasteiger partial charge on any atom is 0.453 e. The Balaban J connectivity index is 4.45. The summed E-state index contributed by atoms with van der Waals surface area (Å²) in [6, 6.07) is 0. The third kappa shape index (κ3) is 2.00. The quantitative estimate of drug-likeness (QED) is 0.573. The molecule has 0 aromatic carbocycles. The van der Waals surface area contributed by atoms with Gasteiger partial charge in [0.05, 0.1) is 12.6 Å².